The number of nitrogens with two attached hydrogens (primary N) is 1. The third-order valence-corrected chi connectivity index (χ3v) is 3.79. The Hall–Kier alpha value is -2.74. The van der Waals surface area contributed by atoms with Crippen LogP contribution in [0.1, 0.15) is 5.82 Å². The van der Waals surface area contributed by atoms with Crippen molar-refractivity contribution in [2.45, 2.75) is 6.54 Å². The minimum Gasteiger partial charge on any atom is -0.368 e. The Labute approximate surface area is 134 Å². The molecule has 1 fully saturated rings. The number of hydrogen-bond acceptors (Lipinski definition) is 6. The summed E-state index contributed by atoms with van der Waals surface area (Å²) in [6.45, 7) is 3.95. The number of anilines is 3. The highest BCUT2D eigenvalue weighted by molar-refractivity contribution is 5.53. The molecule has 8 heteroatoms. The number of piperazine rings is 1. The maximum atomic E-state index is 10.7. The maximum absolute atomic E-state index is 10.7. The number of quaternary nitrogens is 1. The Morgan fingerprint density at radius 3 is 2.61 bits per heavy atom. The molecule has 1 aliphatic heterocycles. The normalized spacial score (nSPS) is 15.4. The molecule has 4 N–H and O–H groups in total. The molecule has 1 amide bonds. The fourth-order valence-corrected chi connectivity index (χ4v) is 2.57. The average Bonchev–Trinajstić information content (AvgIpc) is 2.56. The van der Waals surface area contributed by atoms with E-state index in [4.69, 9.17) is 5.73 Å². The molecule has 0 aliphatic carbocycles. The van der Waals surface area contributed by atoms with Gasteiger partial charge in [-0.2, -0.15) is 15.0 Å². The number of amides is 1. The van der Waals surface area contributed by atoms with Crippen molar-refractivity contribution in [3.05, 3.63) is 36.2 Å². The molecule has 0 bridgehead atoms. The van der Waals surface area contributed by atoms with Crippen molar-refractivity contribution in [1.82, 2.24) is 19.9 Å². The largest absolute Gasteiger partial charge is 0.368 e. The molecule has 2 aromatic rings. The lowest BCUT2D eigenvalue weighted by Gasteiger charge is -2.29. The quantitative estimate of drug-likeness (QED) is 0.616. The number of benzene rings is 1. The summed E-state index contributed by atoms with van der Waals surface area (Å²) < 4.78 is 0. The molecule has 23 heavy (non-hydrogen) atoms. The molecule has 0 atom stereocenters. The molecule has 8 nitrogen and oxygen atoms in total. The van der Waals surface area contributed by atoms with E-state index in [1.165, 1.54) is 4.90 Å². The van der Waals surface area contributed by atoms with E-state index in [9.17, 15) is 4.79 Å². The summed E-state index contributed by atoms with van der Waals surface area (Å²) >= 11 is 0. The van der Waals surface area contributed by atoms with Gasteiger partial charge < -0.3 is 20.9 Å². The fourth-order valence-electron chi connectivity index (χ4n) is 2.57. The van der Waals surface area contributed by atoms with Crippen LogP contribution in [-0.2, 0) is 11.3 Å². The molecular formula is C15H20N7O+. The Balaban J connectivity index is 1.67. The van der Waals surface area contributed by atoms with Gasteiger partial charge in [-0.15, -0.1) is 0 Å². The highest BCUT2D eigenvalue weighted by Gasteiger charge is 2.20. The van der Waals surface area contributed by atoms with Crippen LogP contribution in [0.3, 0.4) is 0 Å². The van der Waals surface area contributed by atoms with Gasteiger partial charge in [0.25, 0.3) is 0 Å². The van der Waals surface area contributed by atoms with Crippen molar-refractivity contribution in [2.75, 3.05) is 37.2 Å². The minimum absolute atomic E-state index is 0.208. The third kappa shape index (κ3) is 4.13. The molecule has 1 aromatic carbocycles. The van der Waals surface area contributed by atoms with E-state index in [-0.39, 0.29) is 5.95 Å². The first-order valence-electron chi connectivity index (χ1n) is 7.58. The van der Waals surface area contributed by atoms with E-state index >= 15 is 0 Å². The molecule has 2 heterocycles. The summed E-state index contributed by atoms with van der Waals surface area (Å²) in [5, 5.41) is 3.13. The van der Waals surface area contributed by atoms with E-state index in [0.29, 0.717) is 18.3 Å². The van der Waals surface area contributed by atoms with Crippen LogP contribution in [-0.4, -0.2) is 52.4 Å². The number of nitrogen functional groups attached to an aromatic ring is 1. The van der Waals surface area contributed by atoms with Gasteiger partial charge in [-0.1, -0.05) is 18.2 Å². The second kappa shape index (κ2) is 7.01. The van der Waals surface area contributed by atoms with Crippen LogP contribution in [0, 0.1) is 0 Å². The van der Waals surface area contributed by atoms with Gasteiger partial charge in [-0.05, 0) is 12.1 Å². The lowest BCUT2D eigenvalue weighted by atomic mass is 10.3. The zero-order valence-corrected chi connectivity index (χ0v) is 12.8. The SMILES string of the molecule is Nc1nc(C[NH+]2CCN(C=O)CC2)nc(Nc2ccccc2)n1. The molecule has 1 saturated heterocycles. The molecular weight excluding hydrogens is 294 g/mol. The Morgan fingerprint density at radius 1 is 1.17 bits per heavy atom. The number of para-hydroxylation sites is 1. The van der Waals surface area contributed by atoms with Crippen molar-refractivity contribution in [3.63, 3.8) is 0 Å². The average molecular weight is 314 g/mol. The summed E-state index contributed by atoms with van der Waals surface area (Å²) in [5.41, 5.74) is 6.69. The Morgan fingerprint density at radius 2 is 1.91 bits per heavy atom. The van der Waals surface area contributed by atoms with Crippen LogP contribution >= 0.6 is 0 Å². The molecule has 1 aliphatic rings. The highest BCUT2D eigenvalue weighted by atomic mass is 16.1. The van der Waals surface area contributed by atoms with Gasteiger partial charge in [-0.25, -0.2) is 0 Å². The number of aromatic nitrogens is 3. The Kier molecular flexibility index (Phi) is 4.62. The van der Waals surface area contributed by atoms with Crippen LogP contribution in [0.25, 0.3) is 0 Å². The van der Waals surface area contributed by atoms with E-state index in [1.54, 1.807) is 4.90 Å². The standard InChI is InChI=1S/C15H19N7O/c16-14-18-13(10-21-6-8-22(11-23)9-7-21)19-15(20-14)17-12-4-2-1-3-5-12/h1-5,11H,6-10H2,(H3,16,17,18,19,20)/p+1. The predicted octanol–water partition coefficient (Wildman–Crippen LogP) is -0.946. The number of nitrogens with zero attached hydrogens (tertiary/aromatic N) is 4. The first kappa shape index (κ1) is 15.2. The van der Waals surface area contributed by atoms with Crippen LogP contribution in [0.2, 0.25) is 0 Å². The summed E-state index contributed by atoms with van der Waals surface area (Å²) in [6.07, 6.45) is 0.902. The lowest BCUT2D eigenvalue weighted by Crippen LogP contribution is -3.13. The van der Waals surface area contributed by atoms with Gasteiger partial charge in [0.1, 0.15) is 6.54 Å². The molecule has 0 saturated carbocycles. The second-order valence-corrected chi connectivity index (χ2v) is 5.49. The zero-order chi connectivity index (χ0) is 16.1. The molecule has 0 spiro atoms. The molecule has 120 valence electrons. The fraction of sp³-hybridized carbons (Fsp3) is 0.333. The summed E-state index contributed by atoms with van der Waals surface area (Å²) in [7, 11) is 0. The number of carbonyl (C=O) groups excluding carboxylic acids is 1. The van der Waals surface area contributed by atoms with Crippen molar-refractivity contribution >= 4 is 24.0 Å². The van der Waals surface area contributed by atoms with Crippen molar-refractivity contribution < 1.29 is 9.69 Å². The summed E-state index contributed by atoms with van der Waals surface area (Å²) in [6, 6.07) is 9.68. The molecule has 3 rings (SSSR count). The molecule has 0 unspecified atom stereocenters. The molecule has 1 aromatic heterocycles. The third-order valence-electron chi connectivity index (χ3n) is 3.79. The topological polar surface area (TPSA) is 101 Å². The zero-order valence-electron chi connectivity index (χ0n) is 12.8. The van der Waals surface area contributed by atoms with Gasteiger partial charge in [0.2, 0.25) is 18.3 Å². The number of rotatable bonds is 5. The smallest absolute Gasteiger partial charge is 0.232 e. The van der Waals surface area contributed by atoms with Gasteiger partial charge in [0.05, 0.1) is 26.2 Å². The van der Waals surface area contributed by atoms with E-state index in [1.807, 2.05) is 30.3 Å². The van der Waals surface area contributed by atoms with Crippen LogP contribution in [0.5, 0.6) is 0 Å². The summed E-state index contributed by atoms with van der Waals surface area (Å²) in [4.78, 5) is 26.7. The van der Waals surface area contributed by atoms with Gasteiger partial charge in [0, 0.05) is 5.69 Å². The predicted molar refractivity (Wildman–Crippen MR) is 86.0 cm³/mol. The van der Waals surface area contributed by atoms with Crippen LogP contribution < -0.4 is 16.0 Å². The van der Waals surface area contributed by atoms with Crippen LogP contribution in [0.15, 0.2) is 30.3 Å². The van der Waals surface area contributed by atoms with Crippen molar-refractivity contribution in [1.29, 1.82) is 0 Å². The molecule has 0 radical (unpaired) electrons. The van der Waals surface area contributed by atoms with Gasteiger partial charge >= 0.3 is 0 Å². The van der Waals surface area contributed by atoms with E-state index in [0.717, 1.165) is 38.3 Å². The second-order valence-electron chi connectivity index (χ2n) is 5.49. The van der Waals surface area contributed by atoms with E-state index in [2.05, 4.69) is 20.3 Å². The Bertz CT molecular complexity index is 656. The monoisotopic (exact) mass is 314 g/mol. The first-order valence-corrected chi connectivity index (χ1v) is 7.58. The minimum atomic E-state index is 0.208. The van der Waals surface area contributed by atoms with Crippen LogP contribution in [0.4, 0.5) is 17.6 Å². The van der Waals surface area contributed by atoms with Crippen molar-refractivity contribution in [2.24, 2.45) is 0 Å². The highest BCUT2D eigenvalue weighted by Crippen LogP contribution is 2.12. The van der Waals surface area contributed by atoms with E-state index < -0.39 is 0 Å². The van der Waals surface area contributed by atoms with Crippen molar-refractivity contribution in [3.8, 4) is 0 Å². The van der Waals surface area contributed by atoms with Gasteiger partial charge in [-0.3, -0.25) is 4.79 Å². The summed E-state index contributed by atoms with van der Waals surface area (Å²) in [5.74, 6) is 1.31. The number of nitrogens with one attached hydrogen (secondary N) is 2. The first-order chi connectivity index (χ1) is 11.2. The number of carbonyl (C=O) groups is 1. The lowest BCUT2D eigenvalue weighted by molar-refractivity contribution is -0.918. The number of hydrogen-bond donors (Lipinski definition) is 3. The maximum Gasteiger partial charge on any atom is 0.232 e. The van der Waals surface area contributed by atoms with Gasteiger partial charge in [0.15, 0.2) is 5.82 Å².